The van der Waals surface area contributed by atoms with E-state index >= 15 is 0 Å². The van der Waals surface area contributed by atoms with Crippen molar-refractivity contribution >= 4 is 11.4 Å². The van der Waals surface area contributed by atoms with Crippen molar-refractivity contribution in [1.82, 2.24) is 0 Å². The zero-order valence-electron chi connectivity index (χ0n) is 11.5. The lowest BCUT2D eigenvalue weighted by Crippen LogP contribution is -2.10. The molecule has 0 bridgehead atoms. The van der Waals surface area contributed by atoms with Crippen LogP contribution in [0.1, 0.15) is 68.6 Å². The SMILES string of the molecule is CC1=NC(c2ccc3c(c2)C(C)CCC3C)=CC1. The second-order valence-corrected chi connectivity index (χ2v) is 5.86. The quantitative estimate of drug-likeness (QED) is 0.661. The average Bonchev–Trinajstić information content (AvgIpc) is 2.80. The monoisotopic (exact) mass is 239 g/mol. The van der Waals surface area contributed by atoms with Crippen LogP contribution in [-0.4, -0.2) is 5.71 Å². The molecule has 1 aliphatic carbocycles. The van der Waals surface area contributed by atoms with E-state index in [0.717, 1.165) is 6.42 Å². The van der Waals surface area contributed by atoms with Gasteiger partial charge in [0.05, 0.1) is 5.70 Å². The molecular weight excluding hydrogens is 218 g/mol. The molecule has 3 rings (SSSR count). The number of hydrogen-bond acceptors (Lipinski definition) is 1. The van der Waals surface area contributed by atoms with Crippen LogP contribution in [-0.2, 0) is 0 Å². The summed E-state index contributed by atoms with van der Waals surface area (Å²) < 4.78 is 0. The Balaban J connectivity index is 2.03. The van der Waals surface area contributed by atoms with Crippen molar-refractivity contribution < 1.29 is 0 Å². The lowest BCUT2D eigenvalue weighted by molar-refractivity contribution is 0.527. The highest BCUT2D eigenvalue weighted by Crippen LogP contribution is 2.39. The molecule has 1 aliphatic heterocycles. The van der Waals surface area contributed by atoms with Crippen LogP contribution >= 0.6 is 0 Å². The minimum atomic E-state index is 0.697. The summed E-state index contributed by atoms with van der Waals surface area (Å²) in [5.41, 5.74) is 6.79. The molecule has 94 valence electrons. The number of benzene rings is 1. The van der Waals surface area contributed by atoms with E-state index in [-0.39, 0.29) is 0 Å². The third-order valence-electron chi connectivity index (χ3n) is 4.38. The molecule has 2 unspecified atom stereocenters. The lowest BCUT2D eigenvalue weighted by Gasteiger charge is -2.28. The van der Waals surface area contributed by atoms with Crippen molar-refractivity contribution in [3.05, 3.63) is 41.0 Å². The van der Waals surface area contributed by atoms with E-state index in [2.05, 4.69) is 50.0 Å². The van der Waals surface area contributed by atoms with E-state index in [0.29, 0.717) is 11.8 Å². The Labute approximate surface area is 110 Å². The lowest BCUT2D eigenvalue weighted by atomic mass is 9.77. The maximum absolute atomic E-state index is 4.63. The molecule has 1 aromatic carbocycles. The first-order valence-electron chi connectivity index (χ1n) is 7.03. The second-order valence-electron chi connectivity index (χ2n) is 5.86. The van der Waals surface area contributed by atoms with Crippen LogP contribution in [0.2, 0.25) is 0 Å². The van der Waals surface area contributed by atoms with Gasteiger partial charge in [0, 0.05) is 17.7 Å². The molecule has 1 nitrogen and oxygen atoms in total. The number of aliphatic imine (C=N–C) groups is 1. The van der Waals surface area contributed by atoms with Crippen molar-refractivity contribution in [2.24, 2.45) is 4.99 Å². The fourth-order valence-electron chi connectivity index (χ4n) is 3.14. The zero-order chi connectivity index (χ0) is 12.7. The van der Waals surface area contributed by atoms with Gasteiger partial charge in [0.2, 0.25) is 0 Å². The summed E-state index contributed by atoms with van der Waals surface area (Å²) in [7, 11) is 0. The van der Waals surface area contributed by atoms with Crippen molar-refractivity contribution in [3.63, 3.8) is 0 Å². The Morgan fingerprint density at radius 3 is 2.44 bits per heavy atom. The van der Waals surface area contributed by atoms with Gasteiger partial charge in [0.25, 0.3) is 0 Å². The van der Waals surface area contributed by atoms with Crippen molar-refractivity contribution in [2.45, 2.75) is 51.9 Å². The topological polar surface area (TPSA) is 12.4 Å². The van der Waals surface area contributed by atoms with Gasteiger partial charge in [-0.15, -0.1) is 0 Å². The molecule has 0 spiro atoms. The molecule has 0 amide bonds. The Morgan fingerprint density at radius 2 is 1.78 bits per heavy atom. The fourth-order valence-corrected chi connectivity index (χ4v) is 3.14. The molecule has 1 aromatic rings. The molecule has 1 heteroatoms. The van der Waals surface area contributed by atoms with E-state index in [4.69, 9.17) is 0 Å². The molecule has 18 heavy (non-hydrogen) atoms. The van der Waals surface area contributed by atoms with Gasteiger partial charge in [-0.05, 0) is 48.8 Å². The van der Waals surface area contributed by atoms with Crippen LogP contribution in [0.3, 0.4) is 0 Å². The molecule has 1 heterocycles. The minimum absolute atomic E-state index is 0.697. The largest absolute Gasteiger partial charge is 0.258 e. The fraction of sp³-hybridized carbons (Fsp3) is 0.471. The Kier molecular flexibility index (Phi) is 2.85. The van der Waals surface area contributed by atoms with Gasteiger partial charge in [-0.25, -0.2) is 0 Å². The Hall–Kier alpha value is -1.37. The highest BCUT2D eigenvalue weighted by molar-refractivity contribution is 5.94. The molecule has 0 fully saturated rings. The van der Waals surface area contributed by atoms with Crippen molar-refractivity contribution in [2.75, 3.05) is 0 Å². The van der Waals surface area contributed by atoms with Gasteiger partial charge in [-0.3, -0.25) is 4.99 Å². The smallest absolute Gasteiger partial charge is 0.0665 e. The predicted molar refractivity (Wildman–Crippen MR) is 78.2 cm³/mol. The van der Waals surface area contributed by atoms with E-state index in [1.165, 1.54) is 29.8 Å². The van der Waals surface area contributed by atoms with Crippen LogP contribution in [0.25, 0.3) is 5.70 Å². The molecular formula is C17H21N. The summed E-state index contributed by atoms with van der Waals surface area (Å²) in [5, 5.41) is 0. The summed E-state index contributed by atoms with van der Waals surface area (Å²) in [6.45, 7) is 6.81. The zero-order valence-corrected chi connectivity index (χ0v) is 11.5. The van der Waals surface area contributed by atoms with E-state index in [1.54, 1.807) is 11.1 Å². The number of hydrogen-bond donors (Lipinski definition) is 0. The molecule has 2 aliphatic rings. The van der Waals surface area contributed by atoms with Crippen LogP contribution < -0.4 is 0 Å². The Bertz CT molecular complexity index is 537. The summed E-state index contributed by atoms with van der Waals surface area (Å²) in [5.74, 6) is 1.41. The van der Waals surface area contributed by atoms with Gasteiger partial charge in [0.15, 0.2) is 0 Å². The van der Waals surface area contributed by atoms with Gasteiger partial charge in [-0.2, -0.15) is 0 Å². The van der Waals surface area contributed by atoms with Crippen molar-refractivity contribution in [3.8, 4) is 0 Å². The van der Waals surface area contributed by atoms with Crippen LogP contribution in [0.4, 0.5) is 0 Å². The van der Waals surface area contributed by atoms with Gasteiger partial charge < -0.3 is 0 Å². The van der Waals surface area contributed by atoms with Crippen LogP contribution in [0, 0.1) is 0 Å². The summed E-state index contributed by atoms with van der Waals surface area (Å²) in [4.78, 5) is 4.63. The Morgan fingerprint density at radius 1 is 1.06 bits per heavy atom. The van der Waals surface area contributed by atoms with E-state index in [1.807, 2.05) is 0 Å². The minimum Gasteiger partial charge on any atom is -0.258 e. The number of nitrogens with zero attached hydrogens (tertiary/aromatic N) is 1. The standard InChI is InChI=1S/C17H21N/c1-11-4-5-12(2)16-10-14(7-8-15(11)16)17-9-6-13(3)18-17/h7-12H,4-6H2,1-3H3. The maximum atomic E-state index is 4.63. The van der Waals surface area contributed by atoms with E-state index < -0.39 is 0 Å². The molecule has 0 saturated heterocycles. The molecule has 0 saturated carbocycles. The highest BCUT2D eigenvalue weighted by Gasteiger charge is 2.22. The predicted octanol–water partition coefficient (Wildman–Crippen LogP) is 4.89. The number of rotatable bonds is 1. The third-order valence-corrected chi connectivity index (χ3v) is 4.38. The van der Waals surface area contributed by atoms with Crippen LogP contribution in [0.5, 0.6) is 0 Å². The molecule has 0 N–H and O–H groups in total. The maximum Gasteiger partial charge on any atom is 0.0665 e. The van der Waals surface area contributed by atoms with Gasteiger partial charge in [0.1, 0.15) is 0 Å². The number of fused-ring (bicyclic) bond motifs is 1. The van der Waals surface area contributed by atoms with Crippen LogP contribution in [0.15, 0.2) is 29.3 Å². The van der Waals surface area contributed by atoms with Gasteiger partial charge >= 0.3 is 0 Å². The van der Waals surface area contributed by atoms with E-state index in [9.17, 15) is 0 Å². The van der Waals surface area contributed by atoms with Gasteiger partial charge in [-0.1, -0.05) is 32.1 Å². The number of allylic oxidation sites excluding steroid dienone is 1. The first-order valence-corrected chi connectivity index (χ1v) is 7.03. The average molecular weight is 239 g/mol. The van der Waals surface area contributed by atoms with Crippen molar-refractivity contribution in [1.29, 1.82) is 0 Å². The molecule has 0 aromatic heterocycles. The summed E-state index contributed by atoms with van der Waals surface area (Å²) in [6.07, 6.45) is 5.90. The first kappa shape index (κ1) is 11.7. The third kappa shape index (κ3) is 1.92. The summed E-state index contributed by atoms with van der Waals surface area (Å²) >= 11 is 0. The highest BCUT2D eigenvalue weighted by atomic mass is 14.8. The molecule has 2 atom stereocenters. The molecule has 0 radical (unpaired) electrons. The normalized spacial score (nSPS) is 26.6. The second kappa shape index (κ2) is 4.38. The summed E-state index contributed by atoms with van der Waals surface area (Å²) in [6, 6.07) is 6.96. The first-order chi connectivity index (χ1) is 8.65.